The molecule has 6 heteroatoms. The molecule has 1 heterocycles. The molecule has 21 heavy (non-hydrogen) atoms. The summed E-state index contributed by atoms with van der Waals surface area (Å²) in [5.41, 5.74) is 7.47. The van der Waals surface area contributed by atoms with Crippen LogP contribution in [0, 0.1) is 11.3 Å². The van der Waals surface area contributed by atoms with Crippen molar-refractivity contribution in [3.8, 4) is 6.07 Å². The van der Waals surface area contributed by atoms with Crippen LogP contribution in [-0.2, 0) is 4.79 Å². The molecule has 1 atom stereocenters. The van der Waals surface area contributed by atoms with Crippen LogP contribution in [0.2, 0.25) is 0 Å². The van der Waals surface area contributed by atoms with Gasteiger partial charge in [0.2, 0.25) is 11.9 Å². The molecule has 0 bridgehead atoms. The number of fused-ring (bicyclic) bond motifs is 1. The van der Waals surface area contributed by atoms with Gasteiger partial charge in [-0.25, -0.2) is 4.98 Å². The van der Waals surface area contributed by atoms with Crippen LogP contribution in [0.4, 0.5) is 5.95 Å². The second-order valence-corrected chi connectivity index (χ2v) is 6.07. The van der Waals surface area contributed by atoms with Gasteiger partial charge >= 0.3 is 0 Å². The minimum Gasteiger partial charge on any atom is -0.369 e. The van der Waals surface area contributed by atoms with Crippen molar-refractivity contribution in [1.29, 1.82) is 5.26 Å². The highest BCUT2D eigenvalue weighted by atomic mass is 16.2. The molecule has 0 aliphatic rings. The molecule has 2 rings (SSSR count). The van der Waals surface area contributed by atoms with Crippen molar-refractivity contribution < 1.29 is 4.79 Å². The largest absolute Gasteiger partial charge is 0.369 e. The summed E-state index contributed by atoms with van der Waals surface area (Å²) in [6, 6.07) is 6.67. The summed E-state index contributed by atoms with van der Waals surface area (Å²) in [5.74, 6) is 0.118. The fourth-order valence-electron chi connectivity index (χ4n) is 2.18. The van der Waals surface area contributed by atoms with Gasteiger partial charge in [0, 0.05) is 5.54 Å². The van der Waals surface area contributed by atoms with E-state index in [0.29, 0.717) is 16.6 Å². The first kappa shape index (κ1) is 14.9. The van der Waals surface area contributed by atoms with Crippen LogP contribution in [0.3, 0.4) is 0 Å². The van der Waals surface area contributed by atoms with Gasteiger partial charge < -0.3 is 11.1 Å². The van der Waals surface area contributed by atoms with Gasteiger partial charge in [-0.2, -0.15) is 5.26 Å². The Labute approximate surface area is 123 Å². The number of imidazole rings is 1. The van der Waals surface area contributed by atoms with Crippen LogP contribution in [0.25, 0.3) is 11.0 Å². The van der Waals surface area contributed by atoms with E-state index in [-0.39, 0.29) is 17.4 Å². The lowest BCUT2D eigenvalue weighted by atomic mass is 10.1. The number of carbonyl (C=O) groups is 1. The molecule has 0 saturated carbocycles. The number of aromatic nitrogens is 2. The van der Waals surface area contributed by atoms with E-state index in [1.807, 2.05) is 20.8 Å². The maximum absolute atomic E-state index is 12.3. The Morgan fingerprint density at radius 3 is 2.71 bits per heavy atom. The van der Waals surface area contributed by atoms with E-state index in [4.69, 9.17) is 11.0 Å². The quantitative estimate of drug-likeness (QED) is 0.881. The van der Waals surface area contributed by atoms with E-state index in [2.05, 4.69) is 16.4 Å². The second-order valence-electron chi connectivity index (χ2n) is 6.07. The number of nitrogens with one attached hydrogen (secondary N) is 1. The Morgan fingerprint density at radius 2 is 2.14 bits per heavy atom. The summed E-state index contributed by atoms with van der Waals surface area (Å²) >= 11 is 0. The standard InChI is InChI=1S/C15H19N5O/c1-9(13(21)19-15(2,3)4)20-12-7-10(8-16)5-6-11(12)18-14(20)17/h5-7,9H,1-4H3,(H2,17,18)(H,19,21). The van der Waals surface area contributed by atoms with E-state index in [1.54, 1.807) is 29.7 Å². The average Bonchev–Trinajstić information content (AvgIpc) is 2.70. The molecular formula is C15H19N5O. The molecule has 1 aromatic heterocycles. The number of carbonyl (C=O) groups excluding carboxylic acids is 1. The summed E-state index contributed by atoms with van der Waals surface area (Å²) in [6.45, 7) is 7.51. The van der Waals surface area contributed by atoms with Gasteiger partial charge in [-0.05, 0) is 45.9 Å². The normalized spacial score (nSPS) is 12.9. The van der Waals surface area contributed by atoms with Gasteiger partial charge in [0.25, 0.3) is 0 Å². The Hall–Kier alpha value is -2.55. The predicted molar refractivity (Wildman–Crippen MR) is 81.5 cm³/mol. The van der Waals surface area contributed by atoms with Gasteiger partial charge in [-0.3, -0.25) is 9.36 Å². The van der Waals surface area contributed by atoms with E-state index >= 15 is 0 Å². The van der Waals surface area contributed by atoms with Crippen molar-refractivity contribution >= 4 is 22.9 Å². The molecule has 3 N–H and O–H groups in total. The molecule has 110 valence electrons. The third kappa shape index (κ3) is 2.97. The lowest BCUT2D eigenvalue weighted by Crippen LogP contribution is -2.43. The lowest BCUT2D eigenvalue weighted by Gasteiger charge is -2.24. The number of nitrogen functional groups attached to an aromatic ring is 1. The third-order valence-electron chi connectivity index (χ3n) is 3.11. The van der Waals surface area contributed by atoms with Gasteiger partial charge in [0.1, 0.15) is 6.04 Å². The first-order valence-electron chi connectivity index (χ1n) is 6.72. The van der Waals surface area contributed by atoms with Crippen LogP contribution in [-0.4, -0.2) is 21.0 Å². The summed E-state index contributed by atoms with van der Waals surface area (Å²) in [5, 5.41) is 11.9. The maximum Gasteiger partial charge on any atom is 0.243 e. The number of amides is 1. The SMILES string of the molecule is CC(C(=O)NC(C)(C)C)n1c(N)nc2ccc(C#N)cc21. The number of benzene rings is 1. The van der Waals surface area contributed by atoms with E-state index in [1.165, 1.54) is 0 Å². The summed E-state index contributed by atoms with van der Waals surface area (Å²) in [4.78, 5) is 16.6. The molecule has 2 aromatic rings. The minimum atomic E-state index is -0.511. The topological polar surface area (TPSA) is 96.7 Å². The van der Waals surface area contributed by atoms with Crippen LogP contribution < -0.4 is 11.1 Å². The van der Waals surface area contributed by atoms with Gasteiger partial charge in [0.05, 0.1) is 22.7 Å². The molecule has 1 aromatic carbocycles. The Bertz CT molecular complexity index is 733. The monoisotopic (exact) mass is 285 g/mol. The molecule has 1 amide bonds. The Morgan fingerprint density at radius 1 is 1.48 bits per heavy atom. The Balaban J connectivity index is 2.48. The first-order valence-corrected chi connectivity index (χ1v) is 6.72. The van der Waals surface area contributed by atoms with E-state index in [9.17, 15) is 4.79 Å². The smallest absolute Gasteiger partial charge is 0.243 e. The molecule has 0 aliphatic heterocycles. The number of hydrogen-bond acceptors (Lipinski definition) is 4. The van der Waals surface area contributed by atoms with E-state index < -0.39 is 6.04 Å². The number of rotatable bonds is 2. The lowest BCUT2D eigenvalue weighted by molar-refractivity contribution is -0.125. The van der Waals surface area contributed by atoms with Crippen molar-refractivity contribution in [2.45, 2.75) is 39.3 Å². The average molecular weight is 285 g/mol. The van der Waals surface area contributed by atoms with Crippen molar-refractivity contribution in [3.05, 3.63) is 23.8 Å². The predicted octanol–water partition coefficient (Wildman–Crippen LogP) is 1.97. The van der Waals surface area contributed by atoms with Gasteiger partial charge in [0.15, 0.2) is 0 Å². The van der Waals surface area contributed by atoms with E-state index in [0.717, 1.165) is 0 Å². The summed E-state index contributed by atoms with van der Waals surface area (Å²) in [6.07, 6.45) is 0. The fourth-order valence-corrected chi connectivity index (χ4v) is 2.18. The highest BCUT2D eigenvalue weighted by Crippen LogP contribution is 2.24. The molecule has 0 saturated heterocycles. The van der Waals surface area contributed by atoms with Crippen molar-refractivity contribution in [2.24, 2.45) is 0 Å². The minimum absolute atomic E-state index is 0.143. The number of hydrogen-bond donors (Lipinski definition) is 2. The summed E-state index contributed by atoms with van der Waals surface area (Å²) < 4.78 is 1.65. The number of nitrogens with two attached hydrogens (primary N) is 1. The zero-order valence-electron chi connectivity index (χ0n) is 12.6. The number of nitriles is 1. The molecule has 1 unspecified atom stereocenters. The van der Waals surface area contributed by atoms with Gasteiger partial charge in [-0.1, -0.05) is 0 Å². The molecule has 0 fully saturated rings. The van der Waals surface area contributed by atoms with Crippen molar-refractivity contribution in [3.63, 3.8) is 0 Å². The first-order chi connectivity index (χ1) is 9.73. The summed E-state index contributed by atoms with van der Waals surface area (Å²) in [7, 11) is 0. The fraction of sp³-hybridized carbons (Fsp3) is 0.400. The van der Waals surface area contributed by atoms with Crippen LogP contribution in [0.1, 0.15) is 39.3 Å². The van der Waals surface area contributed by atoms with Crippen LogP contribution in [0.5, 0.6) is 0 Å². The third-order valence-corrected chi connectivity index (χ3v) is 3.11. The Kier molecular flexibility index (Phi) is 3.60. The molecule has 0 aliphatic carbocycles. The van der Waals surface area contributed by atoms with Crippen LogP contribution >= 0.6 is 0 Å². The zero-order chi connectivity index (χ0) is 15.8. The van der Waals surface area contributed by atoms with Crippen molar-refractivity contribution in [1.82, 2.24) is 14.9 Å². The molecule has 6 nitrogen and oxygen atoms in total. The van der Waals surface area contributed by atoms with Gasteiger partial charge in [-0.15, -0.1) is 0 Å². The maximum atomic E-state index is 12.3. The zero-order valence-corrected chi connectivity index (χ0v) is 12.6. The second kappa shape index (κ2) is 5.09. The number of anilines is 1. The highest BCUT2D eigenvalue weighted by Gasteiger charge is 2.23. The molecular weight excluding hydrogens is 266 g/mol. The molecule has 0 radical (unpaired) electrons. The molecule has 0 spiro atoms. The highest BCUT2D eigenvalue weighted by molar-refractivity contribution is 5.86. The van der Waals surface area contributed by atoms with Crippen LogP contribution in [0.15, 0.2) is 18.2 Å². The number of nitrogens with zero attached hydrogens (tertiary/aromatic N) is 3. The van der Waals surface area contributed by atoms with Crippen molar-refractivity contribution in [2.75, 3.05) is 5.73 Å².